The van der Waals surface area contributed by atoms with Crippen LogP contribution in [0.3, 0.4) is 0 Å². The van der Waals surface area contributed by atoms with Gasteiger partial charge in [-0.3, -0.25) is 0 Å². The number of hydrogen-bond donors (Lipinski definition) is 1. The molecule has 0 fully saturated rings. The molecule has 0 aliphatic heterocycles. The van der Waals surface area contributed by atoms with Crippen molar-refractivity contribution in [3.05, 3.63) is 17.7 Å². The van der Waals surface area contributed by atoms with E-state index in [9.17, 15) is 5.11 Å². The summed E-state index contributed by atoms with van der Waals surface area (Å²) < 4.78 is 16.5. The first-order chi connectivity index (χ1) is 9.65. The van der Waals surface area contributed by atoms with Crippen molar-refractivity contribution >= 4 is 0 Å². The molecule has 0 saturated heterocycles. The molecule has 0 saturated carbocycles. The minimum Gasteiger partial charge on any atom is -0.493 e. The summed E-state index contributed by atoms with van der Waals surface area (Å²) in [4.78, 5) is 0. The molecule has 20 heavy (non-hydrogen) atoms. The summed E-state index contributed by atoms with van der Waals surface area (Å²) in [5.41, 5.74) is 1.17. The molecule has 1 N–H and O–H groups in total. The van der Waals surface area contributed by atoms with Crippen molar-refractivity contribution in [2.24, 2.45) is 0 Å². The fourth-order valence-electron chi connectivity index (χ4n) is 2.01. The average Bonchev–Trinajstić information content (AvgIpc) is 2.47. The molecule has 0 amide bonds. The van der Waals surface area contributed by atoms with Crippen molar-refractivity contribution in [3.63, 3.8) is 0 Å². The molecule has 0 aromatic heterocycles. The van der Waals surface area contributed by atoms with Crippen molar-refractivity contribution in [1.82, 2.24) is 0 Å². The van der Waals surface area contributed by atoms with Crippen LogP contribution in [-0.4, -0.2) is 32.0 Å². The van der Waals surface area contributed by atoms with Crippen LogP contribution in [0.1, 0.15) is 38.7 Å². The van der Waals surface area contributed by atoms with Gasteiger partial charge in [-0.15, -0.1) is 0 Å². The first-order valence-corrected chi connectivity index (χ1v) is 7.21. The second-order valence-corrected chi connectivity index (χ2v) is 4.78. The van der Waals surface area contributed by atoms with Crippen molar-refractivity contribution < 1.29 is 19.3 Å². The highest BCUT2D eigenvalue weighted by Gasteiger charge is 2.14. The van der Waals surface area contributed by atoms with Crippen molar-refractivity contribution in [2.45, 2.75) is 45.6 Å². The number of aliphatic hydroxyl groups is 1. The van der Waals surface area contributed by atoms with E-state index in [1.54, 1.807) is 14.2 Å². The number of ether oxygens (including phenoxy) is 3. The van der Waals surface area contributed by atoms with Gasteiger partial charge in [-0.05, 0) is 30.5 Å². The van der Waals surface area contributed by atoms with E-state index in [1.807, 2.05) is 19.1 Å². The molecule has 0 aliphatic rings. The van der Waals surface area contributed by atoms with Gasteiger partial charge in [0.15, 0.2) is 11.5 Å². The zero-order valence-electron chi connectivity index (χ0n) is 12.9. The molecule has 4 heteroatoms. The van der Waals surface area contributed by atoms with E-state index in [1.165, 1.54) is 5.56 Å². The fourth-order valence-corrected chi connectivity index (χ4v) is 2.01. The number of aryl methyl sites for hydroxylation is 1. The van der Waals surface area contributed by atoms with Gasteiger partial charge in [0.05, 0.1) is 26.9 Å². The van der Waals surface area contributed by atoms with Crippen molar-refractivity contribution in [3.8, 4) is 17.2 Å². The first kappa shape index (κ1) is 16.6. The monoisotopic (exact) mass is 282 g/mol. The molecule has 1 rings (SSSR count). The Balaban J connectivity index is 2.86. The van der Waals surface area contributed by atoms with Gasteiger partial charge in [0.2, 0.25) is 5.75 Å². The van der Waals surface area contributed by atoms with Gasteiger partial charge < -0.3 is 19.3 Å². The summed E-state index contributed by atoms with van der Waals surface area (Å²) in [6, 6.07) is 3.97. The standard InChI is InChI=1S/C16H26O4/c1-5-7-12-10-14(18-3)16(15(11-12)19-4)20-9-8-13(17)6-2/h10-11,13,17H,5-9H2,1-4H3. The van der Waals surface area contributed by atoms with Gasteiger partial charge in [-0.25, -0.2) is 0 Å². The summed E-state index contributed by atoms with van der Waals surface area (Å²) in [6.07, 6.45) is 3.04. The third-order valence-corrected chi connectivity index (χ3v) is 3.23. The Hall–Kier alpha value is -1.42. The van der Waals surface area contributed by atoms with E-state index >= 15 is 0 Å². The van der Waals surface area contributed by atoms with Gasteiger partial charge in [0.1, 0.15) is 0 Å². The van der Waals surface area contributed by atoms with Crippen LogP contribution in [0.5, 0.6) is 17.2 Å². The van der Waals surface area contributed by atoms with Gasteiger partial charge >= 0.3 is 0 Å². The number of methoxy groups -OCH3 is 2. The summed E-state index contributed by atoms with van der Waals surface area (Å²) >= 11 is 0. The molecule has 0 aliphatic carbocycles. The molecule has 0 spiro atoms. The predicted octanol–water partition coefficient (Wildman–Crippen LogP) is 3.20. The first-order valence-electron chi connectivity index (χ1n) is 7.21. The van der Waals surface area contributed by atoms with E-state index in [0.29, 0.717) is 30.3 Å². The highest BCUT2D eigenvalue weighted by Crippen LogP contribution is 2.39. The van der Waals surface area contributed by atoms with Gasteiger partial charge in [0.25, 0.3) is 0 Å². The summed E-state index contributed by atoms with van der Waals surface area (Å²) in [5.74, 6) is 1.97. The lowest BCUT2D eigenvalue weighted by Crippen LogP contribution is -2.11. The molecule has 4 nitrogen and oxygen atoms in total. The number of hydrogen-bond acceptors (Lipinski definition) is 4. The van der Waals surface area contributed by atoms with Crippen LogP contribution in [0.2, 0.25) is 0 Å². The Labute approximate surface area is 121 Å². The number of aliphatic hydroxyl groups excluding tert-OH is 1. The van der Waals surface area contributed by atoms with Crippen LogP contribution < -0.4 is 14.2 Å². The minimum absolute atomic E-state index is 0.327. The maximum absolute atomic E-state index is 9.56. The largest absolute Gasteiger partial charge is 0.493 e. The maximum atomic E-state index is 9.56. The Bertz CT molecular complexity index is 378. The Morgan fingerprint density at radius 2 is 1.70 bits per heavy atom. The molecule has 1 aromatic rings. The minimum atomic E-state index is -0.327. The lowest BCUT2D eigenvalue weighted by molar-refractivity contribution is 0.133. The summed E-state index contributed by atoms with van der Waals surface area (Å²) in [6.45, 7) is 4.52. The number of benzene rings is 1. The molecule has 1 aromatic carbocycles. The third-order valence-electron chi connectivity index (χ3n) is 3.23. The van der Waals surface area contributed by atoms with Gasteiger partial charge in [0, 0.05) is 6.42 Å². The maximum Gasteiger partial charge on any atom is 0.203 e. The van der Waals surface area contributed by atoms with E-state index < -0.39 is 0 Å². The summed E-state index contributed by atoms with van der Waals surface area (Å²) in [5, 5.41) is 9.56. The topological polar surface area (TPSA) is 47.9 Å². The Morgan fingerprint density at radius 1 is 1.10 bits per heavy atom. The van der Waals surface area contributed by atoms with Crippen molar-refractivity contribution in [1.29, 1.82) is 0 Å². The zero-order chi connectivity index (χ0) is 15.0. The molecule has 114 valence electrons. The van der Waals surface area contributed by atoms with Crippen LogP contribution in [0.15, 0.2) is 12.1 Å². The molecule has 0 bridgehead atoms. The Kier molecular flexibility index (Phi) is 7.23. The molecule has 1 unspecified atom stereocenters. The SMILES string of the molecule is CCCc1cc(OC)c(OCCC(O)CC)c(OC)c1. The van der Waals surface area contributed by atoms with Crippen LogP contribution in [0.25, 0.3) is 0 Å². The van der Waals surface area contributed by atoms with Crippen LogP contribution in [-0.2, 0) is 6.42 Å². The van der Waals surface area contributed by atoms with Gasteiger partial charge in [-0.1, -0.05) is 20.3 Å². The molecular formula is C16H26O4. The lowest BCUT2D eigenvalue weighted by Gasteiger charge is -2.17. The molecule has 0 radical (unpaired) electrons. The smallest absolute Gasteiger partial charge is 0.203 e. The zero-order valence-corrected chi connectivity index (χ0v) is 12.9. The molecule has 0 heterocycles. The average molecular weight is 282 g/mol. The Morgan fingerprint density at radius 3 is 2.15 bits per heavy atom. The second-order valence-electron chi connectivity index (χ2n) is 4.78. The summed E-state index contributed by atoms with van der Waals surface area (Å²) in [7, 11) is 3.25. The van der Waals surface area contributed by atoms with Crippen molar-refractivity contribution in [2.75, 3.05) is 20.8 Å². The van der Waals surface area contributed by atoms with Gasteiger partial charge in [-0.2, -0.15) is 0 Å². The highest BCUT2D eigenvalue weighted by molar-refractivity contribution is 5.53. The van der Waals surface area contributed by atoms with Crippen LogP contribution in [0, 0.1) is 0 Å². The quantitative estimate of drug-likeness (QED) is 0.755. The number of rotatable bonds is 9. The molecule has 1 atom stereocenters. The fraction of sp³-hybridized carbons (Fsp3) is 0.625. The molecular weight excluding hydrogens is 256 g/mol. The highest BCUT2D eigenvalue weighted by atomic mass is 16.5. The third kappa shape index (κ3) is 4.60. The van der Waals surface area contributed by atoms with Crippen LogP contribution >= 0.6 is 0 Å². The van der Waals surface area contributed by atoms with E-state index in [2.05, 4.69) is 6.92 Å². The van der Waals surface area contributed by atoms with E-state index in [0.717, 1.165) is 19.3 Å². The second kappa shape index (κ2) is 8.69. The normalized spacial score (nSPS) is 12.1. The lowest BCUT2D eigenvalue weighted by atomic mass is 10.1. The van der Waals surface area contributed by atoms with E-state index in [4.69, 9.17) is 14.2 Å². The van der Waals surface area contributed by atoms with E-state index in [-0.39, 0.29) is 6.10 Å². The predicted molar refractivity (Wildman–Crippen MR) is 80.0 cm³/mol. The van der Waals surface area contributed by atoms with Crippen LogP contribution in [0.4, 0.5) is 0 Å².